The molecule has 3 N–H and O–H groups in total. The lowest BCUT2D eigenvalue weighted by atomic mass is 10.1. The van der Waals surface area contributed by atoms with E-state index in [-0.39, 0.29) is 12.5 Å². The Balaban J connectivity index is 2.60. The zero-order valence-corrected chi connectivity index (χ0v) is 12.7. The molecule has 0 unspecified atom stereocenters. The van der Waals surface area contributed by atoms with Crippen LogP contribution >= 0.6 is 12.2 Å². The van der Waals surface area contributed by atoms with Crippen molar-refractivity contribution in [3.05, 3.63) is 28.8 Å². The summed E-state index contributed by atoms with van der Waals surface area (Å²) < 4.78 is 0. The number of rotatable bonds is 4. The van der Waals surface area contributed by atoms with Crippen molar-refractivity contribution < 1.29 is 4.79 Å². The zero-order valence-electron chi connectivity index (χ0n) is 11.9. The van der Waals surface area contributed by atoms with Crippen LogP contribution in [0.3, 0.4) is 0 Å². The molecule has 0 saturated heterocycles. The first-order valence-corrected chi connectivity index (χ1v) is 6.74. The van der Waals surface area contributed by atoms with E-state index in [0.29, 0.717) is 5.11 Å². The Kier molecular flexibility index (Phi) is 5.76. The zero-order chi connectivity index (χ0) is 14.4. The number of carbonyl (C=O) groups excluding carboxylic acids is 1. The van der Waals surface area contributed by atoms with Crippen LogP contribution in [-0.4, -0.2) is 24.1 Å². The van der Waals surface area contributed by atoms with E-state index >= 15 is 0 Å². The standard InChI is InChI=1S/C14H21N3OS/c1-5-15-14(19)16-8-12(18)17-13-10(3)6-9(2)7-11(13)4/h6-7H,5,8H2,1-4H3,(H,17,18)(H2,15,16,19). The van der Waals surface area contributed by atoms with Gasteiger partial charge in [0, 0.05) is 12.2 Å². The first-order valence-electron chi connectivity index (χ1n) is 6.33. The molecule has 0 aliphatic carbocycles. The highest BCUT2D eigenvalue weighted by atomic mass is 32.1. The number of hydrogen-bond donors (Lipinski definition) is 3. The number of amides is 1. The number of aryl methyl sites for hydroxylation is 3. The van der Waals surface area contributed by atoms with Crippen LogP contribution in [0.25, 0.3) is 0 Å². The third-order valence-electron chi connectivity index (χ3n) is 2.69. The molecular formula is C14H21N3OS. The number of benzene rings is 1. The lowest BCUT2D eigenvalue weighted by Gasteiger charge is -2.14. The highest BCUT2D eigenvalue weighted by molar-refractivity contribution is 7.80. The molecule has 0 bridgehead atoms. The molecule has 4 nitrogen and oxygen atoms in total. The Morgan fingerprint density at radius 2 is 1.74 bits per heavy atom. The lowest BCUT2D eigenvalue weighted by molar-refractivity contribution is -0.115. The SMILES string of the molecule is CCNC(=S)NCC(=O)Nc1c(C)cc(C)cc1C. The highest BCUT2D eigenvalue weighted by Crippen LogP contribution is 2.21. The van der Waals surface area contributed by atoms with Crippen molar-refractivity contribution in [2.45, 2.75) is 27.7 Å². The Bertz CT molecular complexity index is 463. The Morgan fingerprint density at radius 1 is 1.16 bits per heavy atom. The van der Waals surface area contributed by atoms with Crippen LogP contribution in [0.1, 0.15) is 23.6 Å². The van der Waals surface area contributed by atoms with Gasteiger partial charge in [-0.3, -0.25) is 4.79 Å². The minimum atomic E-state index is -0.102. The van der Waals surface area contributed by atoms with Gasteiger partial charge < -0.3 is 16.0 Å². The molecule has 0 fully saturated rings. The second-order valence-electron chi connectivity index (χ2n) is 4.53. The third kappa shape index (κ3) is 4.87. The minimum absolute atomic E-state index is 0.102. The maximum absolute atomic E-state index is 11.8. The van der Waals surface area contributed by atoms with E-state index < -0.39 is 0 Å². The lowest BCUT2D eigenvalue weighted by Crippen LogP contribution is -2.39. The van der Waals surface area contributed by atoms with Crippen LogP contribution in [0, 0.1) is 20.8 Å². The van der Waals surface area contributed by atoms with Gasteiger partial charge in [-0.25, -0.2) is 0 Å². The van der Waals surface area contributed by atoms with Gasteiger partial charge in [0.25, 0.3) is 0 Å². The van der Waals surface area contributed by atoms with Crippen LogP contribution in [-0.2, 0) is 4.79 Å². The number of carbonyl (C=O) groups is 1. The summed E-state index contributed by atoms with van der Waals surface area (Å²) in [5, 5.41) is 9.21. The normalized spacial score (nSPS) is 9.89. The van der Waals surface area contributed by atoms with Gasteiger partial charge in [0.15, 0.2) is 5.11 Å². The van der Waals surface area contributed by atoms with Gasteiger partial charge >= 0.3 is 0 Å². The summed E-state index contributed by atoms with van der Waals surface area (Å²) in [6.45, 7) is 8.88. The third-order valence-corrected chi connectivity index (χ3v) is 2.98. The van der Waals surface area contributed by atoms with Gasteiger partial charge in [0.05, 0.1) is 6.54 Å². The van der Waals surface area contributed by atoms with E-state index in [0.717, 1.165) is 23.4 Å². The van der Waals surface area contributed by atoms with Crippen molar-refractivity contribution in [1.82, 2.24) is 10.6 Å². The molecule has 1 aromatic carbocycles. The molecule has 0 spiro atoms. The molecule has 5 heteroatoms. The number of nitrogens with one attached hydrogen (secondary N) is 3. The summed E-state index contributed by atoms with van der Waals surface area (Å²) in [4.78, 5) is 11.8. The number of hydrogen-bond acceptors (Lipinski definition) is 2. The monoisotopic (exact) mass is 279 g/mol. The van der Waals surface area contributed by atoms with Crippen molar-refractivity contribution >= 4 is 28.9 Å². The van der Waals surface area contributed by atoms with E-state index in [1.807, 2.05) is 27.7 Å². The second kappa shape index (κ2) is 7.09. The summed E-state index contributed by atoms with van der Waals surface area (Å²) >= 11 is 5.00. The molecule has 0 aliphatic rings. The van der Waals surface area contributed by atoms with E-state index in [2.05, 4.69) is 28.1 Å². The smallest absolute Gasteiger partial charge is 0.243 e. The molecule has 1 amide bonds. The number of anilines is 1. The van der Waals surface area contributed by atoms with Gasteiger partial charge in [-0.1, -0.05) is 17.7 Å². The molecule has 1 rings (SSSR count). The van der Waals surface area contributed by atoms with Gasteiger partial charge in [-0.2, -0.15) is 0 Å². The van der Waals surface area contributed by atoms with Gasteiger partial charge in [0.2, 0.25) is 5.91 Å². The summed E-state index contributed by atoms with van der Waals surface area (Å²) in [6, 6.07) is 4.11. The van der Waals surface area contributed by atoms with E-state index in [1.165, 1.54) is 5.56 Å². The summed E-state index contributed by atoms with van der Waals surface area (Å²) in [5.41, 5.74) is 4.21. The minimum Gasteiger partial charge on any atom is -0.363 e. The molecule has 19 heavy (non-hydrogen) atoms. The average Bonchev–Trinajstić information content (AvgIpc) is 2.31. The van der Waals surface area contributed by atoms with E-state index in [4.69, 9.17) is 12.2 Å². The van der Waals surface area contributed by atoms with Crippen molar-refractivity contribution in [1.29, 1.82) is 0 Å². The Hall–Kier alpha value is -1.62. The Morgan fingerprint density at radius 3 is 2.26 bits per heavy atom. The summed E-state index contributed by atoms with van der Waals surface area (Å²) in [5.74, 6) is -0.102. The topological polar surface area (TPSA) is 53.2 Å². The predicted molar refractivity (Wildman–Crippen MR) is 83.6 cm³/mol. The molecule has 0 heterocycles. The first kappa shape index (κ1) is 15.4. The second-order valence-corrected chi connectivity index (χ2v) is 4.94. The largest absolute Gasteiger partial charge is 0.363 e. The molecule has 0 atom stereocenters. The predicted octanol–water partition coefficient (Wildman–Crippen LogP) is 2.03. The first-order chi connectivity index (χ1) is 8.93. The molecule has 1 aromatic rings. The molecule has 0 aliphatic heterocycles. The summed E-state index contributed by atoms with van der Waals surface area (Å²) in [6.07, 6.45) is 0. The molecule has 104 valence electrons. The van der Waals surface area contributed by atoms with Crippen LogP contribution in [0.5, 0.6) is 0 Å². The fourth-order valence-electron chi connectivity index (χ4n) is 1.94. The molecule has 0 aromatic heterocycles. The van der Waals surface area contributed by atoms with E-state index in [9.17, 15) is 4.79 Å². The van der Waals surface area contributed by atoms with Crippen molar-refractivity contribution in [2.24, 2.45) is 0 Å². The molecular weight excluding hydrogens is 258 g/mol. The maximum Gasteiger partial charge on any atom is 0.243 e. The number of thiocarbonyl (C=S) groups is 1. The van der Waals surface area contributed by atoms with Crippen LogP contribution in [0.4, 0.5) is 5.69 Å². The molecule has 0 radical (unpaired) electrons. The average molecular weight is 279 g/mol. The quantitative estimate of drug-likeness (QED) is 0.738. The van der Waals surface area contributed by atoms with Crippen molar-refractivity contribution in [2.75, 3.05) is 18.4 Å². The van der Waals surface area contributed by atoms with Crippen molar-refractivity contribution in [3.63, 3.8) is 0 Å². The van der Waals surface area contributed by atoms with Crippen LogP contribution in [0.15, 0.2) is 12.1 Å². The Labute approximate surface area is 120 Å². The fraction of sp³-hybridized carbons (Fsp3) is 0.429. The van der Waals surface area contributed by atoms with Crippen LogP contribution < -0.4 is 16.0 Å². The van der Waals surface area contributed by atoms with E-state index in [1.54, 1.807) is 0 Å². The fourth-order valence-corrected chi connectivity index (χ4v) is 2.16. The van der Waals surface area contributed by atoms with Crippen molar-refractivity contribution in [3.8, 4) is 0 Å². The molecule has 0 saturated carbocycles. The van der Waals surface area contributed by atoms with Gasteiger partial charge in [-0.15, -0.1) is 0 Å². The highest BCUT2D eigenvalue weighted by Gasteiger charge is 2.08. The van der Waals surface area contributed by atoms with Gasteiger partial charge in [0.1, 0.15) is 0 Å². The maximum atomic E-state index is 11.8. The van der Waals surface area contributed by atoms with Crippen LogP contribution in [0.2, 0.25) is 0 Å². The summed E-state index contributed by atoms with van der Waals surface area (Å²) in [7, 11) is 0. The van der Waals surface area contributed by atoms with Gasteiger partial charge in [-0.05, 0) is 51.0 Å².